The Hall–Kier alpha value is -4.10. The number of hydrogen-bond donors (Lipinski definition) is 5. The highest BCUT2D eigenvalue weighted by molar-refractivity contribution is 8.00. The fraction of sp³-hybridized carbons (Fsp3) is 0.478. The van der Waals surface area contributed by atoms with Crippen molar-refractivity contribution in [2.45, 2.75) is 120 Å². The number of carbonyl (C=O) groups excluding carboxylic acids is 2. The summed E-state index contributed by atoms with van der Waals surface area (Å²) >= 11 is 1.57. The quantitative estimate of drug-likeness (QED) is 0.0788. The average Bonchev–Trinajstić information content (AvgIpc) is 3.25. The zero-order valence-corrected chi connectivity index (χ0v) is 37.1. The third-order valence-electron chi connectivity index (χ3n) is 12.8. The van der Waals surface area contributed by atoms with Gasteiger partial charge in [-0.1, -0.05) is 41.5 Å². The maximum atomic E-state index is 15.5. The van der Waals surface area contributed by atoms with Crippen molar-refractivity contribution >= 4 is 48.7 Å². The van der Waals surface area contributed by atoms with Crippen LogP contribution in [0.5, 0.6) is 17.2 Å². The summed E-state index contributed by atoms with van der Waals surface area (Å²) in [5.41, 5.74) is 1.26. The van der Waals surface area contributed by atoms with E-state index in [-0.39, 0.29) is 48.7 Å². The molecule has 14 heteroatoms. The molecule has 4 fully saturated rings. The van der Waals surface area contributed by atoms with Gasteiger partial charge in [-0.25, -0.2) is 4.57 Å². The number of fused-ring (bicyclic) bond motifs is 4. The third-order valence-corrected chi connectivity index (χ3v) is 14.7. The molecular formula is C46H55N2O10PS. The minimum Gasteiger partial charge on any atom is -0.482 e. The smallest absolute Gasteiger partial charge is 0.482 e. The summed E-state index contributed by atoms with van der Waals surface area (Å²) in [5, 5.41) is 15.4. The van der Waals surface area contributed by atoms with E-state index in [9.17, 15) is 24.3 Å². The number of aliphatic hydroxyl groups is 1. The second-order valence-electron chi connectivity index (χ2n) is 18.0. The molecule has 7 aliphatic rings. The lowest BCUT2D eigenvalue weighted by atomic mass is 9.49. The first-order valence-corrected chi connectivity index (χ1v) is 23.1. The van der Waals surface area contributed by atoms with E-state index in [2.05, 4.69) is 22.8 Å². The van der Waals surface area contributed by atoms with Gasteiger partial charge in [0, 0.05) is 51.7 Å². The molecule has 6 unspecified atom stereocenters. The molecule has 2 aromatic rings. The molecule has 6 atom stereocenters. The van der Waals surface area contributed by atoms with Crippen molar-refractivity contribution in [3.05, 3.63) is 87.6 Å². The molecule has 1 saturated heterocycles. The number of thioether (sulfide) groups is 1. The highest BCUT2D eigenvalue weighted by Gasteiger charge is 2.83. The van der Waals surface area contributed by atoms with Crippen molar-refractivity contribution in [3.8, 4) is 17.2 Å². The highest BCUT2D eigenvalue weighted by atomic mass is 32.2. The van der Waals surface area contributed by atoms with Crippen molar-refractivity contribution in [2.24, 2.45) is 11.8 Å². The van der Waals surface area contributed by atoms with Crippen LogP contribution in [0.2, 0.25) is 0 Å². The van der Waals surface area contributed by atoms with E-state index in [1.807, 2.05) is 84.9 Å². The van der Waals surface area contributed by atoms with E-state index in [1.165, 1.54) is 5.57 Å². The van der Waals surface area contributed by atoms with E-state index in [0.29, 0.717) is 53.0 Å². The van der Waals surface area contributed by atoms with E-state index in [4.69, 9.17) is 18.7 Å². The Labute approximate surface area is 355 Å². The molecule has 3 aliphatic carbocycles. The molecule has 1 spiro atoms. The normalized spacial score (nSPS) is 28.8. The fourth-order valence-corrected chi connectivity index (χ4v) is 12.1. The van der Waals surface area contributed by atoms with Crippen LogP contribution in [0, 0.1) is 11.8 Å². The Morgan fingerprint density at radius 3 is 2.48 bits per heavy atom. The fourth-order valence-electron chi connectivity index (χ4n) is 10.2. The van der Waals surface area contributed by atoms with Crippen molar-refractivity contribution < 1.29 is 47.8 Å². The second-order valence-corrected chi connectivity index (χ2v) is 20.4. The monoisotopic (exact) mass is 858 g/mol. The van der Waals surface area contributed by atoms with Crippen LogP contribution in [-0.2, 0) is 25.3 Å². The van der Waals surface area contributed by atoms with Crippen LogP contribution in [-0.4, -0.2) is 67.4 Å². The highest BCUT2D eigenvalue weighted by Crippen LogP contribution is 2.73. The third kappa shape index (κ3) is 6.80. The number of rotatable bonds is 12. The average molecular weight is 859 g/mol. The van der Waals surface area contributed by atoms with Gasteiger partial charge in [0.25, 0.3) is 0 Å². The predicted octanol–water partition coefficient (Wildman–Crippen LogP) is 8.22. The van der Waals surface area contributed by atoms with Gasteiger partial charge in [0.05, 0.1) is 34.7 Å². The number of amides is 1. The van der Waals surface area contributed by atoms with E-state index in [0.717, 1.165) is 28.1 Å². The Bertz CT molecular complexity index is 2390. The van der Waals surface area contributed by atoms with Crippen molar-refractivity contribution in [3.63, 3.8) is 0 Å². The summed E-state index contributed by atoms with van der Waals surface area (Å²) in [6.07, 6.45) is 11.9. The Morgan fingerprint density at radius 1 is 1.05 bits per heavy atom. The molecular weight excluding hydrogens is 804 g/mol. The van der Waals surface area contributed by atoms with E-state index >= 15 is 4.79 Å². The van der Waals surface area contributed by atoms with Crippen molar-refractivity contribution in [1.82, 2.24) is 5.32 Å². The lowest BCUT2D eigenvalue weighted by Crippen LogP contribution is -2.75. The predicted molar refractivity (Wildman–Crippen MR) is 232 cm³/mol. The molecule has 0 aromatic heterocycles. The number of benzene rings is 2. The standard InChI is InChI=1S/C46H55N2O10PS/c1-25(2)12-11-19-44(8)20-18-29-37(55-44)28(16-15-26(3)4)38-34(39(29)57-59(52,53)54)36-35-40(60-32-14-10-9-13-31(32)48-36)30-24-33-43(6,7)58-45(41(30)50,46(33,35)56-38)21-17-27(5)42(51)47-22-23-49/h9-10,12-15,17-18,20,30,33,40,48-49H,11,16,19,21-24H2,1-8H3,(H,47,51)(H2,52,53,54)/b27-17-. The number of ketones is 1. The number of carbonyl (C=O) groups is 2. The van der Waals surface area contributed by atoms with E-state index < -0.39 is 41.4 Å². The lowest BCUT2D eigenvalue weighted by Gasteiger charge is -2.61. The minimum atomic E-state index is -5.21. The SMILES string of the molecule is CC(C)=CCCC1(C)C=Cc2c(c(CC=C(C)C)c3c(c2OP(=O)(O)O)C2=C4C(Sc5ccccc5N2)C2CC5C(C)(C)OC(C/C=C(/C)C(=O)NCCO)(C2=O)C45O3)O1. The molecule has 320 valence electrons. The number of Topliss-reactive ketones (excluding diaryl/α,β-unsaturated/α-hetero) is 1. The Balaban J connectivity index is 1.46. The summed E-state index contributed by atoms with van der Waals surface area (Å²) in [6, 6.07) is 7.82. The second kappa shape index (κ2) is 15.1. The summed E-state index contributed by atoms with van der Waals surface area (Å²) in [4.78, 5) is 50.8. The van der Waals surface area contributed by atoms with Crippen LogP contribution in [0.4, 0.5) is 5.69 Å². The number of hydrogen-bond acceptors (Lipinski definition) is 10. The molecule has 1 amide bonds. The zero-order chi connectivity index (χ0) is 43.2. The largest absolute Gasteiger partial charge is 0.524 e. The first kappa shape index (κ1) is 42.6. The summed E-state index contributed by atoms with van der Waals surface area (Å²) in [6.45, 7) is 15.6. The molecule has 9 rings (SSSR count). The van der Waals surface area contributed by atoms with Crippen LogP contribution < -0.4 is 24.6 Å². The van der Waals surface area contributed by atoms with Gasteiger partial charge >= 0.3 is 7.82 Å². The maximum absolute atomic E-state index is 15.5. The first-order valence-electron chi connectivity index (χ1n) is 20.7. The van der Waals surface area contributed by atoms with Crippen LogP contribution in [0.1, 0.15) is 97.8 Å². The summed E-state index contributed by atoms with van der Waals surface area (Å²) in [5.74, 6) is -0.798. The molecule has 2 aromatic carbocycles. The van der Waals surface area contributed by atoms with Crippen LogP contribution in [0.3, 0.4) is 0 Å². The summed E-state index contributed by atoms with van der Waals surface area (Å²) < 4.78 is 40.8. The van der Waals surface area contributed by atoms with Gasteiger partial charge < -0.3 is 34.5 Å². The molecule has 0 radical (unpaired) electrons. The maximum Gasteiger partial charge on any atom is 0.524 e. The van der Waals surface area contributed by atoms with Gasteiger partial charge in [-0.3, -0.25) is 19.4 Å². The van der Waals surface area contributed by atoms with Crippen LogP contribution in [0.15, 0.2) is 75.8 Å². The topological polar surface area (TPSA) is 173 Å². The molecule has 3 saturated carbocycles. The number of anilines is 1. The Morgan fingerprint density at radius 2 is 1.78 bits per heavy atom. The van der Waals surface area contributed by atoms with Gasteiger partial charge in [-0.05, 0) is 105 Å². The first-order chi connectivity index (χ1) is 28.3. The number of nitrogens with one attached hydrogen (secondary N) is 2. The molecule has 5 N–H and O–H groups in total. The minimum absolute atomic E-state index is 0.0127. The van der Waals surface area contributed by atoms with Gasteiger partial charge in [0.2, 0.25) is 5.91 Å². The molecule has 4 bridgehead atoms. The molecule has 4 aliphatic heterocycles. The van der Waals surface area contributed by atoms with E-state index in [1.54, 1.807) is 24.8 Å². The zero-order valence-electron chi connectivity index (χ0n) is 35.4. The number of phosphoric acid groups is 1. The number of para-hydroxylation sites is 1. The number of phosphoric ester groups is 1. The molecule has 12 nitrogen and oxygen atoms in total. The van der Waals surface area contributed by atoms with Gasteiger partial charge in [-0.2, -0.15) is 0 Å². The van der Waals surface area contributed by atoms with Gasteiger partial charge in [0.15, 0.2) is 22.7 Å². The Kier molecular flexibility index (Phi) is 10.7. The van der Waals surface area contributed by atoms with Crippen molar-refractivity contribution in [1.29, 1.82) is 0 Å². The van der Waals surface area contributed by atoms with Gasteiger partial charge in [0.1, 0.15) is 17.1 Å². The number of aliphatic hydroxyl groups excluding tert-OH is 1. The summed E-state index contributed by atoms with van der Waals surface area (Å²) in [7, 11) is -5.21. The lowest BCUT2D eigenvalue weighted by molar-refractivity contribution is -0.176. The van der Waals surface area contributed by atoms with Gasteiger partial charge in [-0.15, -0.1) is 11.8 Å². The van der Waals surface area contributed by atoms with Crippen LogP contribution >= 0.6 is 19.6 Å². The number of allylic oxidation sites excluding steroid dienone is 4. The van der Waals surface area contributed by atoms with Crippen molar-refractivity contribution in [2.75, 3.05) is 18.5 Å². The number of ether oxygens (including phenoxy) is 3. The van der Waals surface area contributed by atoms with Crippen LogP contribution in [0.25, 0.3) is 11.8 Å². The molecule has 60 heavy (non-hydrogen) atoms. The molecule has 4 heterocycles.